The fourth-order valence-corrected chi connectivity index (χ4v) is 2.71. The Balaban J connectivity index is 2.00. The summed E-state index contributed by atoms with van der Waals surface area (Å²) in [5, 5.41) is 2.84. The van der Waals surface area contributed by atoms with Gasteiger partial charge in [-0.3, -0.25) is 4.79 Å². The molecule has 0 heterocycles. The van der Waals surface area contributed by atoms with E-state index in [-0.39, 0.29) is 17.5 Å². The second-order valence-corrected chi connectivity index (χ2v) is 5.86. The molecule has 0 atom stereocenters. The number of anilines is 1. The van der Waals surface area contributed by atoms with Gasteiger partial charge >= 0.3 is 0 Å². The van der Waals surface area contributed by atoms with Crippen LogP contribution in [-0.2, 0) is 4.79 Å². The molecule has 1 amide bonds. The topological polar surface area (TPSA) is 47.6 Å². The molecule has 0 spiro atoms. The van der Waals surface area contributed by atoms with E-state index in [2.05, 4.69) is 5.32 Å². The SMILES string of the molecule is CCOc1ccc(OCC)c(NC(=O)CSc2ccc(F)cc2)c1. The van der Waals surface area contributed by atoms with Crippen LogP contribution < -0.4 is 14.8 Å². The van der Waals surface area contributed by atoms with Gasteiger partial charge in [0.15, 0.2) is 0 Å². The van der Waals surface area contributed by atoms with Crippen molar-refractivity contribution in [2.45, 2.75) is 18.7 Å². The molecule has 1 N–H and O–H groups in total. The first-order valence-corrected chi connectivity index (χ1v) is 8.68. The van der Waals surface area contributed by atoms with Crippen molar-refractivity contribution in [1.29, 1.82) is 0 Å². The smallest absolute Gasteiger partial charge is 0.234 e. The van der Waals surface area contributed by atoms with E-state index in [0.29, 0.717) is 30.4 Å². The summed E-state index contributed by atoms with van der Waals surface area (Å²) in [5.41, 5.74) is 0.576. The molecular weight excluding hydrogens is 329 g/mol. The molecule has 0 saturated carbocycles. The van der Waals surface area contributed by atoms with Gasteiger partial charge in [-0.05, 0) is 50.2 Å². The highest BCUT2D eigenvalue weighted by Gasteiger charge is 2.10. The van der Waals surface area contributed by atoms with Gasteiger partial charge in [0.2, 0.25) is 5.91 Å². The molecule has 24 heavy (non-hydrogen) atoms. The van der Waals surface area contributed by atoms with Crippen LogP contribution in [-0.4, -0.2) is 24.9 Å². The van der Waals surface area contributed by atoms with Crippen molar-refractivity contribution in [3.63, 3.8) is 0 Å². The molecule has 6 heteroatoms. The lowest BCUT2D eigenvalue weighted by molar-refractivity contribution is -0.113. The number of carbonyl (C=O) groups is 1. The number of amides is 1. The van der Waals surface area contributed by atoms with Crippen molar-refractivity contribution >= 4 is 23.4 Å². The maximum Gasteiger partial charge on any atom is 0.234 e. The monoisotopic (exact) mass is 349 g/mol. The Kier molecular flexibility index (Phi) is 6.93. The van der Waals surface area contributed by atoms with Crippen molar-refractivity contribution in [2.75, 3.05) is 24.3 Å². The summed E-state index contributed by atoms with van der Waals surface area (Å²) >= 11 is 1.34. The summed E-state index contributed by atoms with van der Waals surface area (Å²) in [6.07, 6.45) is 0. The Morgan fingerprint density at radius 3 is 2.46 bits per heavy atom. The van der Waals surface area contributed by atoms with Crippen molar-refractivity contribution < 1.29 is 18.7 Å². The lowest BCUT2D eigenvalue weighted by atomic mass is 10.2. The lowest BCUT2D eigenvalue weighted by Crippen LogP contribution is -2.15. The Hall–Kier alpha value is -2.21. The largest absolute Gasteiger partial charge is 0.494 e. The summed E-state index contributed by atoms with van der Waals surface area (Å²) in [7, 11) is 0. The Morgan fingerprint density at radius 1 is 1.08 bits per heavy atom. The molecule has 0 bridgehead atoms. The minimum Gasteiger partial charge on any atom is -0.494 e. The second-order valence-electron chi connectivity index (χ2n) is 4.81. The number of carbonyl (C=O) groups excluding carboxylic acids is 1. The van der Waals surface area contributed by atoms with Crippen LogP contribution in [0.1, 0.15) is 13.8 Å². The average molecular weight is 349 g/mol. The van der Waals surface area contributed by atoms with Gasteiger partial charge in [-0.1, -0.05) is 0 Å². The summed E-state index contributed by atoms with van der Waals surface area (Å²) < 4.78 is 23.9. The number of thioether (sulfide) groups is 1. The second kappa shape index (κ2) is 9.17. The number of benzene rings is 2. The van der Waals surface area contributed by atoms with Crippen LogP contribution in [0.2, 0.25) is 0 Å². The molecule has 0 aliphatic carbocycles. The van der Waals surface area contributed by atoms with E-state index in [1.807, 2.05) is 13.8 Å². The number of halogens is 1. The van der Waals surface area contributed by atoms with Gasteiger partial charge in [-0.25, -0.2) is 4.39 Å². The number of nitrogens with one attached hydrogen (secondary N) is 1. The number of rotatable bonds is 8. The molecular formula is C18H20FNO3S. The molecule has 0 fully saturated rings. The Bertz CT molecular complexity index is 676. The maximum absolute atomic E-state index is 12.9. The minimum atomic E-state index is -0.294. The first-order valence-electron chi connectivity index (χ1n) is 7.70. The van der Waals surface area contributed by atoms with Crippen molar-refractivity contribution in [1.82, 2.24) is 0 Å². The fourth-order valence-electron chi connectivity index (χ4n) is 2.01. The highest BCUT2D eigenvalue weighted by Crippen LogP contribution is 2.30. The van der Waals surface area contributed by atoms with E-state index in [4.69, 9.17) is 9.47 Å². The third kappa shape index (κ3) is 5.45. The molecule has 0 unspecified atom stereocenters. The quantitative estimate of drug-likeness (QED) is 0.720. The van der Waals surface area contributed by atoms with E-state index < -0.39 is 0 Å². The molecule has 0 aliphatic rings. The zero-order chi connectivity index (χ0) is 17.4. The van der Waals surface area contributed by atoms with E-state index >= 15 is 0 Å². The predicted molar refractivity (Wildman–Crippen MR) is 94.5 cm³/mol. The van der Waals surface area contributed by atoms with Crippen LogP contribution in [0.25, 0.3) is 0 Å². The lowest BCUT2D eigenvalue weighted by Gasteiger charge is -2.13. The van der Waals surface area contributed by atoms with Gasteiger partial charge in [0.25, 0.3) is 0 Å². The minimum absolute atomic E-state index is 0.168. The standard InChI is InChI=1S/C18H20FNO3S/c1-3-22-14-7-10-17(23-4-2)16(11-14)20-18(21)12-24-15-8-5-13(19)6-9-15/h5-11H,3-4,12H2,1-2H3,(H,20,21). The molecule has 2 rings (SSSR count). The molecule has 2 aromatic carbocycles. The van der Waals surface area contributed by atoms with Gasteiger partial charge in [-0.15, -0.1) is 11.8 Å². The van der Waals surface area contributed by atoms with E-state index in [1.54, 1.807) is 30.3 Å². The van der Waals surface area contributed by atoms with Gasteiger partial charge in [0, 0.05) is 11.0 Å². The summed E-state index contributed by atoms with van der Waals surface area (Å²) in [4.78, 5) is 13.0. The van der Waals surface area contributed by atoms with Crippen molar-refractivity contribution in [3.8, 4) is 11.5 Å². The zero-order valence-corrected chi connectivity index (χ0v) is 14.5. The third-order valence-corrected chi connectivity index (χ3v) is 4.03. The van der Waals surface area contributed by atoms with E-state index in [9.17, 15) is 9.18 Å². The van der Waals surface area contributed by atoms with Crippen molar-refractivity contribution in [3.05, 3.63) is 48.3 Å². The normalized spacial score (nSPS) is 10.3. The first kappa shape index (κ1) is 18.1. The third-order valence-electron chi connectivity index (χ3n) is 3.02. The Labute approximate surface area is 145 Å². The fraction of sp³-hybridized carbons (Fsp3) is 0.278. The van der Waals surface area contributed by atoms with Crippen LogP contribution in [0, 0.1) is 5.82 Å². The molecule has 128 valence electrons. The van der Waals surface area contributed by atoms with Gasteiger partial charge in [-0.2, -0.15) is 0 Å². The summed E-state index contributed by atoms with van der Waals surface area (Å²) in [6, 6.07) is 11.4. The molecule has 4 nitrogen and oxygen atoms in total. The number of hydrogen-bond acceptors (Lipinski definition) is 4. The van der Waals surface area contributed by atoms with Gasteiger partial charge in [0.1, 0.15) is 17.3 Å². The van der Waals surface area contributed by atoms with Crippen LogP contribution in [0.3, 0.4) is 0 Å². The van der Waals surface area contributed by atoms with Crippen LogP contribution in [0.4, 0.5) is 10.1 Å². The maximum atomic E-state index is 12.9. The van der Waals surface area contributed by atoms with Gasteiger partial charge < -0.3 is 14.8 Å². The van der Waals surface area contributed by atoms with Crippen LogP contribution >= 0.6 is 11.8 Å². The number of ether oxygens (including phenoxy) is 2. The molecule has 0 radical (unpaired) electrons. The van der Waals surface area contributed by atoms with E-state index in [0.717, 1.165) is 4.90 Å². The highest BCUT2D eigenvalue weighted by atomic mass is 32.2. The number of hydrogen-bond donors (Lipinski definition) is 1. The van der Waals surface area contributed by atoms with Crippen molar-refractivity contribution in [2.24, 2.45) is 0 Å². The summed E-state index contributed by atoms with van der Waals surface area (Å²) in [5.74, 6) is 1.02. The Morgan fingerprint density at radius 2 is 1.79 bits per heavy atom. The average Bonchev–Trinajstić information content (AvgIpc) is 2.57. The molecule has 0 saturated heterocycles. The van der Waals surface area contributed by atoms with Gasteiger partial charge in [0.05, 0.1) is 24.7 Å². The first-order chi connectivity index (χ1) is 11.6. The summed E-state index contributed by atoms with van der Waals surface area (Å²) in [6.45, 7) is 4.82. The highest BCUT2D eigenvalue weighted by molar-refractivity contribution is 8.00. The molecule has 0 aromatic heterocycles. The van der Waals surface area contributed by atoms with E-state index in [1.165, 1.54) is 23.9 Å². The van der Waals surface area contributed by atoms with Crippen LogP contribution in [0.5, 0.6) is 11.5 Å². The predicted octanol–water partition coefficient (Wildman–Crippen LogP) is 4.35. The molecule has 2 aromatic rings. The zero-order valence-electron chi connectivity index (χ0n) is 13.7. The van der Waals surface area contributed by atoms with Crippen LogP contribution in [0.15, 0.2) is 47.4 Å². The molecule has 0 aliphatic heterocycles.